The van der Waals surface area contributed by atoms with E-state index in [0.29, 0.717) is 11.3 Å². The van der Waals surface area contributed by atoms with Crippen LogP contribution in [-0.4, -0.2) is 35.7 Å². The van der Waals surface area contributed by atoms with Crippen LogP contribution in [0, 0.1) is 0 Å². The van der Waals surface area contributed by atoms with Gasteiger partial charge in [0.2, 0.25) is 0 Å². The van der Waals surface area contributed by atoms with Crippen molar-refractivity contribution in [3.8, 4) is 11.5 Å². The lowest BCUT2D eigenvalue weighted by molar-refractivity contribution is -0.124. The number of phenols is 1. The quantitative estimate of drug-likeness (QED) is 0.222. The molecule has 0 aromatic heterocycles. The third kappa shape index (κ3) is 6.74. The average Bonchev–Trinajstić information content (AvgIpc) is 2.73. The van der Waals surface area contributed by atoms with E-state index in [1.807, 2.05) is 18.4 Å². The molecule has 0 saturated heterocycles. The van der Waals surface area contributed by atoms with Gasteiger partial charge in [0.25, 0.3) is 5.91 Å². The number of rotatable bonds is 8. The molecule has 2 aromatic carbocycles. The van der Waals surface area contributed by atoms with Gasteiger partial charge in [-0.05, 0) is 48.2 Å². The van der Waals surface area contributed by atoms with Crippen LogP contribution in [0.4, 0.5) is 10.5 Å². The van der Waals surface area contributed by atoms with Crippen molar-refractivity contribution in [2.45, 2.75) is 17.4 Å². The van der Waals surface area contributed by atoms with E-state index in [1.165, 1.54) is 24.7 Å². The molecule has 0 radical (unpaired) electrons. The average molecular weight is 418 g/mol. The number of thioether (sulfide) groups is 1. The lowest BCUT2D eigenvalue weighted by Crippen LogP contribution is -2.18. The van der Waals surface area contributed by atoms with E-state index in [0.717, 1.165) is 11.0 Å². The number of methoxy groups -OCH3 is 1. The maximum atomic E-state index is 12.3. The van der Waals surface area contributed by atoms with Crippen LogP contribution in [0.25, 0.3) is 0 Å². The van der Waals surface area contributed by atoms with E-state index in [2.05, 4.69) is 5.32 Å². The fourth-order valence-corrected chi connectivity index (χ4v) is 2.85. The minimum atomic E-state index is -0.792. The number of nitrogens with one attached hydrogen (secondary N) is 2. The Hall–Kier alpha value is -3.17. The van der Waals surface area contributed by atoms with Crippen LogP contribution in [-0.2, 0) is 9.53 Å². The summed E-state index contributed by atoms with van der Waals surface area (Å²) in [6, 6.07) is 11.9. The molecule has 2 rings (SSSR count). The molecule has 0 unspecified atom stereocenters. The van der Waals surface area contributed by atoms with E-state index in [-0.39, 0.29) is 17.9 Å². The van der Waals surface area contributed by atoms with Crippen molar-refractivity contribution in [3.63, 3.8) is 0 Å². The molecule has 0 spiro atoms. The Morgan fingerprint density at radius 1 is 1.21 bits per heavy atom. The van der Waals surface area contributed by atoms with Crippen molar-refractivity contribution < 1.29 is 29.4 Å². The van der Waals surface area contributed by atoms with Crippen LogP contribution in [0.3, 0.4) is 0 Å². The number of aromatic hydroxyl groups is 1. The minimum absolute atomic E-state index is 0.108. The third-order valence-corrected chi connectivity index (χ3v) is 4.63. The van der Waals surface area contributed by atoms with Gasteiger partial charge in [-0.2, -0.15) is 0 Å². The summed E-state index contributed by atoms with van der Waals surface area (Å²) in [6.07, 6.45) is 3.16. The van der Waals surface area contributed by atoms with E-state index in [1.54, 1.807) is 36.0 Å². The first-order valence-electron chi connectivity index (χ1n) is 8.56. The summed E-state index contributed by atoms with van der Waals surface area (Å²) in [5, 5.41) is 21.2. The van der Waals surface area contributed by atoms with E-state index < -0.39 is 18.1 Å². The summed E-state index contributed by atoms with van der Waals surface area (Å²) in [5.41, 5.74) is 2.56. The Bertz CT molecular complexity index is 870. The molecule has 0 saturated carbocycles. The van der Waals surface area contributed by atoms with Crippen molar-refractivity contribution in [1.82, 2.24) is 5.48 Å². The van der Waals surface area contributed by atoms with E-state index in [4.69, 9.17) is 14.7 Å². The van der Waals surface area contributed by atoms with Crippen molar-refractivity contribution in [2.75, 3.05) is 18.7 Å². The number of ether oxygens (including phenoxy) is 2. The van der Waals surface area contributed by atoms with Gasteiger partial charge in [0.05, 0.1) is 7.11 Å². The minimum Gasteiger partial charge on any atom is -0.504 e. The molecule has 29 heavy (non-hydrogen) atoms. The molecule has 154 valence electrons. The zero-order valence-electron chi connectivity index (χ0n) is 15.9. The molecule has 0 aliphatic heterocycles. The second-order valence-electron chi connectivity index (χ2n) is 5.79. The molecule has 0 fully saturated rings. The van der Waals surface area contributed by atoms with Crippen LogP contribution in [0.1, 0.15) is 18.1 Å². The van der Waals surface area contributed by atoms with Crippen LogP contribution in [0.2, 0.25) is 0 Å². The topological polar surface area (TPSA) is 117 Å². The first-order valence-corrected chi connectivity index (χ1v) is 9.78. The number of benzene rings is 2. The Morgan fingerprint density at radius 2 is 1.93 bits per heavy atom. The molecule has 0 bridgehead atoms. The molecule has 0 aliphatic carbocycles. The van der Waals surface area contributed by atoms with Gasteiger partial charge in [-0.15, -0.1) is 11.8 Å². The fourth-order valence-electron chi connectivity index (χ4n) is 2.45. The summed E-state index contributed by atoms with van der Waals surface area (Å²) in [5.74, 6) is -0.538. The van der Waals surface area contributed by atoms with Crippen LogP contribution in [0.5, 0.6) is 11.5 Å². The Kier molecular flexibility index (Phi) is 8.38. The first kappa shape index (κ1) is 22.1. The van der Waals surface area contributed by atoms with Gasteiger partial charge in [-0.25, -0.2) is 10.3 Å². The molecular weight excluding hydrogens is 396 g/mol. The van der Waals surface area contributed by atoms with Crippen LogP contribution in [0.15, 0.2) is 59.5 Å². The van der Waals surface area contributed by atoms with Gasteiger partial charge in [-0.3, -0.25) is 15.3 Å². The van der Waals surface area contributed by atoms with Gasteiger partial charge >= 0.3 is 6.09 Å². The highest BCUT2D eigenvalue weighted by molar-refractivity contribution is 7.98. The predicted molar refractivity (Wildman–Crippen MR) is 109 cm³/mol. The summed E-state index contributed by atoms with van der Waals surface area (Å²) >= 11 is 1.59. The number of carbonyl (C=O) groups excluding carboxylic acids is 2. The van der Waals surface area contributed by atoms with Gasteiger partial charge < -0.3 is 14.6 Å². The Morgan fingerprint density at radius 3 is 2.52 bits per heavy atom. The third-order valence-electron chi connectivity index (χ3n) is 3.89. The number of hydrogen-bond donors (Lipinski definition) is 4. The van der Waals surface area contributed by atoms with Gasteiger partial charge in [0, 0.05) is 23.1 Å². The molecule has 1 atom stereocenters. The number of phenolic OH excluding ortho intramolecular Hbond substituents is 1. The standard InChI is InChI=1S/C20H22N2O6S/c1-27-18-11-6-13(12-16(18)23)17(4-3-5-19(24)22-26)28-20(25)21-14-7-9-15(29-2)10-8-14/h3,5-12,17,23,26H,4H2,1-2H3,(H,21,25)(H,22,24)/b5-3+/t17-/m0/s1. The van der Waals surface area contributed by atoms with Crippen molar-refractivity contribution in [3.05, 3.63) is 60.2 Å². The molecule has 4 N–H and O–H groups in total. The molecule has 9 heteroatoms. The van der Waals surface area contributed by atoms with E-state index in [9.17, 15) is 14.7 Å². The number of hydroxylamine groups is 1. The predicted octanol–water partition coefficient (Wildman–Crippen LogP) is 3.86. The number of hydrogen-bond acceptors (Lipinski definition) is 7. The van der Waals surface area contributed by atoms with Gasteiger partial charge in [0.15, 0.2) is 11.5 Å². The van der Waals surface area contributed by atoms with Gasteiger partial charge in [0.1, 0.15) is 6.10 Å². The van der Waals surface area contributed by atoms with E-state index >= 15 is 0 Å². The number of amides is 2. The molecule has 0 heterocycles. The van der Waals surface area contributed by atoms with Crippen molar-refractivity contribution in [1.29, 1.82) is 0 Å². The molecule has 2 aromatic rings. The Labute approximate surface area is 172 Å². The smallest absolute Gasteiger partial charge is 0.412 e. The number of carbonyl (C=O) groups is 2. The molecular formula is C20H22N2O6S. The zero-order valence-corrected chi connectivity index (χ0v) is 16.7. The summed E-state index contributed by atoms with van der Waals surface area (Å²) in [7, 11) is 1.43. The SMILES string of the molecule is COc1ccc([C@H](C/C=C/C(=O)NO)OC(=O)Nc2ccc(SC)cc2)cc1O. The normalized spacial score (nSPS) is 11.7. The highest BCUT2D eigenvalue weighted by Gasteiger charge is 2.18. The molecule has 2 amide bonds. The monoisotopic (exact) mass is 418 g/mol. The van der Waals surface area contributed by atoms with Crippen LogP contribution >= 0.6 is 11.8 Å². The van der Waals surface area contributed by atoms with Gasteiger partial charge in [-0.1, -0.05) is 12.1 Å². The zero-order chi connectivity index (χ0) is 21.2. The lowest BCUT2D eigenvalue weighted by Gasteiger charge is -2.18. The lowest BCUT2D eigenvalue weighted by atomic mass is 10.1. The fraction of sp³-hybridized carbons (Fsp3) is 0.200. The second kappa shape index (κ2) is 11.0. The van der Waals surface area contributed by atoms with Crippen LogP contribution < -0.4 is 15.5 Å². The van der Waals surface area contributed by atoms with Crippen molar-refractivity contribution in [2.24, 2.45) is 0 Å². The maximum Gasteiger partial charge on any atom is 0.412 e. The highest BCUT2D eigenvalue weighted by atomic mass is 32.2. The highest BCUT2D eigenvalue weighted by Crippen LogP contribution is 2.32. The Balaban J connectivity index is 2.14. The second-order valence-corrected chi connectivity index (χ2v) is 6.67. The molecule has 8 nitrogen and oxygen atoms in total. The molecule has 0 aliphatic rings. The summed E-state index contributed by atoms with van der Waals surface area (Å²) < 4.78 is 10.5. The van der Waals surface area contributed by atoms with Crippen molar-refractivity contribution >= 4 is 29.4 Å². The first-order chi connectivity index (χ1) is 14.0. The summed E-state index contributed by atoms with van der Waals surface area (Å²) in [6.45, 7) is 0. The maximum absolute atomic E-state index is 12.3. The number of anilines is 1. The largest absolute Gasteiger partial charge is 0.504 e. The summed E-state index contributed by atoms with van der Waals surface area (Å²) in [4.78, 5) is 24.6.